The van der Waals surface area contributed by atoms with Crippen molar-refractivity contribution in [1.82, 2.24) is 10.2 Å². The molecule has 1 aliphatic carbocycles. The molecule has 0 aromatic heterocycles. The highest BCUT2D eigenvalue weighted by Crippen LogP contribution is 2.22. The van der Waals surface area contributed by atoms with Crippen molar-refractivity contribution in [3.8, 4) is 0 Å². The molecule has 0 spiro atoms. The van der Waals surface area contributed by atoms with E-state index >= 15 is 0 Å². The molecule has 1 atom stereocenters. The van der Waals surface area contributed by atoms with Crippen LogP contribution in [-0.2, 0) is 4.79 Å². The Balaban J connectivity index is 0.000000641. The molecule has 0 aromatic carbocycles. The quantitative estimate of drug-likeness (QED) is 0.780. The molecule has 0 bridgehead atoms. The predicted molar refractivity (Wildman–Crippen MR) is 85.2 cm³/mol. The van der Waals surface area contributed by atoms with Gasteiger partial charge in [0.2, 0.25) is 0 Å². The highest BCUT2D eigenvalue weighted by Gasteiger charge is 2.19. The topological polar surface area (TPSA) is 52.6 Å². The molecule has 1 saturated heterocycles. The van der Waals surface area contributed by atoms with Crippen LogP contribution in [0.25, 0.3) is 0 Å². The van der Waals surface area contributed by atoms with Crippen molar-refractivity contribution in [1.29, 1.82) is 0 Å². The highest BCUT2D eigenvalue weighted by atomic mass is 16.3. The maximum Gasteiger partial charge on any atom is 0.290 e. The van der Waals surface area contributed by atoms with E-state index in [1.54, 1.807) is 0 Å². The summed E-state index contributed by atoms with van der Waals surface area (Å²) in [5, 5.41) is 10.5. The van der Waals surface area contributed by atoms with Crippen LogP contribution in [0.15, 0.2) is 0 Å². The van der Waals surface area contributed by atoms with E-state index in [0.29, 0.717) is 0 Å². The maximum atomic E-state index is 8.36. The van der Waals surface area contributed by atoms with Gasteiger partial charge in [-0.1, -0.05) is 33.1 Å². The van der Waals surface area contributed by atoms with Crippen molar-refractivity contribution in [2.24, 2.45) is 0 Å². The summed E-state index contributed by atoms with van der Waals surface area (Å²) in [7, 11) is 2.32. The molecule has 0 aromatic rings. The number of hydrogen-bond acceptors (Lipinski definition) is 3. The second-order valence-electron chi connectivity index (χ2n) is 5.46. The van der Waals surface area contributed by atoms with Crippen LogP contribution in [0, 0.1) is 0 Å². The van der Waals surface area contributed by atoms with Crippen LogP contribution in [-0.4, -0.2) is 48.7 Å². The summed E-state index contributed by atoms with van der Waals surface area (Å²) in [6.45, 7) is 6.29. The zero-order chi connectivity index (χ0) is 15.2. The van der Waals surface area contributed by atoms with E-state index in [2.05, 4.69) is 17.3 Å². The van der Waals surface area contributed by atoms with Crippen molar-refractivity contribution in [3.05, 3.63) is 0 Å². The second-order valence-corrected chi connectivity index (χ2v) is 5.46. The summed E-state index contributed by atoms with van der Waals surface area (Å²) in [5.74, 6) is 0. The Kier molecular flexibility index (Phi) is 13.0. The number of carboxylic acid groups (broad SMARTS) is 1. The molecule has 120 valence electrons. The lowest BCUT2D eigenvalue weighted by molar-refractivity contribution is -0.122. The van der Waals surface area contributed by atoms with Gasteiger partial charge in [-0.3, -0.25) is 4.79 Å². The summed E-state index contributed by atoms with van der Waals surface area (Å²) in [6.07, 6.45) is 11.4. The van der Waals surface area contributed by atoms with Crippen LogP contribution >= 0.6 is 0 Å². The van der Waals surface area contributed by atoms with E-state index in [1.165, 1.54) is 64.5 Å². The van der Waals surface area contributed by atoms with E-state index in [9.17, 15) is 0 Å². The normalized spacial score (nSPS) is 22.5. The third kappa shape index (κ3) is 8.54. The van der Waals surface area contributed by atoms with Gasteiger partial charge >= 0.3 is 0 Å². The average Bonchev–Trinajstić information content (AvgIpc) is 3.02. The lowest BCUT2D eigenvalue weighted by Gasteiger charge is -2.31. The largest absolute Gasteiger partial charge is 0.483 e. The molecule has 4 nitrogen and oxygen atoms in total. The van der Waals surface area contributed by atoms with E-state index in [0.717, 1.165) is 12.1 Å². The molecular formula is C16H34N2O2. The number of carbonyl (C=O) groups is 1. The third-order valence-corrected chi connectivity index (χ3v) is 4.19. The molecule has 1 saturated carbocycles. The molecule has 20 heavy (non-hydrogen) atoms. The fourth-order valence-electron chi connectivity index (χ4n) is 3.07. The summed E-state index contributed by atoms with van der Waals surface area (Å²) in [6, 6.07) is 1.70. The standard InChI is InChI=1S/C13H26N2.C2H6.CH2O2/c1-15(13-7-3-2-4-8-13)11-9-12-6-5-10-14-12;1-2;2-1-3/h12-14H,2-11H2,1H3;1-2H3;1H,(H,2,3). The van der Waals surface area contributed by atoms with Gasteiger partial charge in [0.25, 0.3) is 6.47 Å². The predicted octanol–water partition coefficient (Wildman–Crippen LogP) is 3.12. The van der Waals surface area contributed by atoms with E-state index in [4.69, 9.17) is 9.90 Å². The number of rotatable bonds is 4. The summed E-state index contributed by atoms with van der Waals surface area (Å²) < 4.78 is 0. The minimum atomic E-state index is -0.250. The first-order chi connectivity index (χ1) is 9.77. The smallest absolute Gasteiger partial charge is 0.290 e. The van der Waals surface area contributed by atoms with Crippen LogP contribution in [0.2, 0.25) is 0 Å². The van der Waals surface area contributed by atoms with Gasteiger partial charge in [0.05, 0.1) is 0 Å². The molecule has 2 aliphatic rings. The molecule has 0 amide bonds. The molecule has 2 rings (SSSR count). The van der Waals surface area contributed by atoms with Crippen molar-refractivity contribution in [2.45, 2.75) is 77.3 Å². The monoisotopic (exact) mass is 286 g/mol. The Morgan fingerprint density at radius 1 is 1.15 bits per heavy atom. The van der Waals surface area contributed by atoms with Crippen LogP contribution in [0.5, 0.6) is 0 Å². The minimum Gasteiger partial charge on any atom is -0.483 e. The van der Waals surface area contributed by atoms with Crippen LogP contribution in [0.1, 0.15) is 65.2 Å². The number of hydrogen-bond donors (Lipinski definition) is 2. The van der Waals surface area contributed by atoms with Crippen molar-refractivity contribution in [3.63, 3.8) is 0 Å². The SMILES string of the molecule is CC.CN(CCC1CCCN1)C1CCCCC1.O=CO. The molecular weight excluding hydrogens is 252 g/mol. The fraction of sp³-hybridized carbons (Fsp3) is 0.938. The molecule has 2 fully saturated rings. The van der Waals surface area contributed by atoms with Crippen molar-refractivity contribution in [2.75, 3.05) is 20.1 Å². The van der Waals surface area contributed by atoms with Crippen LogP contribution in [0.4, 0.5) is 0 Å². The van der Waals surface area contributed by atoms with Crippen molar-refractivity contribution >= 4 is 6.47 Å². The summed E-state index contributed by atoms with van der Waals surface area (Å²) >= 11 is 0. The summed E-state index contributed by atoms with van der Waals surface area (Å²) in [5.41, 5.74) is 0. The van der Waals surface area contributed by atoms with Gasteiger partial charge in [-0.05, 0) is 52.2 Å². The highest BCUT2D eigenvalue weighted by molar-refractivity contribution is 5.32. The summed E-state index contributed by atoms with van der Waals surface area (Å²) in [4.78, 5) is 11.0. The first-order valence-electron chi connectivity index (χ1n) is 8.29. The van der Waals surface area contributed by atoms with Gasteiger partial charge < -0.3 is 15.3 Å². The van der Waals surface area contributed by atoms with Crippen LogP contribution < -0.4 is 5.32 Å². The van der Waals surface area contributed by atoms with E-state index in [-0.39, 0.29) is 6.47 Å². The average molecular weight is 286 g/mol. The molecule has 0 radical (unpaired) electrons. The Morgan fingerprint density at radius 3 is 2.25 bits per heavy atom. The maximum absolute atomic E-state index is 8.36. The molecule has 2 N–H and O–H groups in total. The Bertz CT molecular complexity index is 213. The zero-order valence-corrected chi connectivity index (χ0v) is 13.6. The van der Waals surface area contributed by atoms with Gasteiger partial charge in [-0.2, -0.15) is 0 Å². The molecule has 1 heterocycles. The Morgan fingerprint density at radius 2 is 1.75 bits per heavy atom. The third-order valence-electron chi connectivity index (χ3n) is 4.19. The zero-order valence-electron chi connectivity index (χ0n) is 13.6. The van der Waals surface area contributed by atoms with E-state index < -0.39 is 0 Å². The van der Waals surface area contributed by atoms with E-state index in [1.807, 2.05) is 13.8 Å². The minimum absolute atomic E-state index is 0.250. The van der Waals surface area contributed by atoms with Gasteiger partial charge in [0, 0.05) is 12.1 Å². The Labute approximate surface area is 124 Å². The number of nitrogens with zero attached hydrogens (tertiary/aromatic N) is 1. The van der Waals surface area contributed by atoms with Gasteiger partial charge in [-0.25, -0.2) is 0 Å². The number of nitrogens with one attached hydrogen (secondary N) is 1. The molecule has 1 unspecified atom stereocenters. The lowest BCUT2D eigenvalue weighted by Crippen LogP contribution is -2.36. The first-order valence-corrected chi connectivity index (χ1v) is 8.29. The molecule has 4 heteroatoms. The first kappa shape index (κ1) is 19.4. The lowest BCUT2D eigenvalue weighted by atomic mass is 9.94. The fourth-order valence-corrected chi connectivity index (χ4v) is 3.07. The van der Waals surface area contributed by atoms with Gasteiger partial charge in [-0.15, -0.1) is 0 Å². The van der Waals surface area contributed by atoms with Crippen LogP contribution in [0.3, 0.4) is 0 Å². The van der Waals surface area contributed by atoms with Gasteiger partial charge in [0.15, 0.2) is 0 Å². The van der Waals surface area contributed by atoms with Gasteiger partial charge in [0.1, 0.15) is 0 Å². The molecule has 1 aliphatic heterocycles. The second kappa shape index (κ2) is 13.4. The Hall–Kier alpha value is -0.610. The van der Waals surface area contributed by atoms with Crippen molar-refractivity contribution < 1.29 is 9.90 Å².